The molecule has 2 rings (SSSR count). The first-order valence-electron chi connectivity index (χ1n) is 7.99. The average Bonchev–Trinajstić information content (AvgIpc) is 2.66. The summed E-state index contributed by atoms with van der Waals surface area (Å²) in [5.41, 5.74) is -1.19. The molecule has 2 aliphatic rings. The number of carbonyl (C=O) groups is 2. The molecule has 2 saturated heterocycles. The molecule has 2 heterocycles. The highest BCUT2D eigenvalue weighted by atomic mass is 16.6. The Labute approximate surface area is 127 Å². The molecular weight excluding hydrogens is 268 g/mol. The molecule has 21 heavy (non-hydrogen) atoms. The number of piperidine rings is 1. The van der Waals surface area contributed by atoms with E-state index in [0.717, 1.165) is 32.2 Å². The van der Waals surface area contributed by atoms with Crippen molar-refractivity contribution in [3.05, 3.63) is 0 Å². The van der Waals surface area contributed by atoms with Gasteiger partial charge in [-0.05, 0) is 60.3 Å². The van der Waals surface area contributed by atoms with Crippen molar-refractivity contribution < 1.29 is 14.3 Å². The fourth-order valence-electron chi connectivity index (χ4n) is 3.38. The molecule has 0 radical (unpaired) electrons. The van der Waals surface area contributed by atoms with Crippen LogP contribution in [0.1, 0.15) is 60.3 Å². The normalized spacial score (nSPS) is 26.9. The SMILES string of the molecule is CC(C)N1CCC2(CCCCN2C(=O)OC(C)(C)C)C1=O. The summed E-state index contributed by atoms with van der Waals surface area (Å²) in [6, 6.07) is 0.180. The van der Waals surface area contributed by atoms with Crippen molar-refractivity contribution in [2.75, 3.05) is 13.1 Å². The Hall–Kier alpha value is -1.26. The van der Waals surface area contributed by atoms with Gasteiger partial charge in [0.05, 0.1) is 0 Å². The quantitative estimate of drug-likeness (QED) is 0.747. The second-order valence-electron chi connectivity index (χ2n) is 7.46. The first-order chi connectivity index (χ1) is 9.67. The monoisotopic (exact) mass is 296 g/mol. The maximum absolute atomic E-state index is 12.9. The Bertz CT molecular complexity index is 428. The zero-order chi connectivity index (χ0) is 15.8. The predicted molar refractivity (Wildman–Crippen MR) is 81.0 cm³/mol. The zero-order valence-electron chi connectivity index (χ0n) is 13.9. The van der Waals surface area contributed by atoms with Crippen molar-refractivity contribution >= 4 is 12.0 Å². The lowest BCUT2D eigenvalue weighted by atomic mass is 9.85. The molecular formula is C16H28N2O3. The fourth-order valence-corrected chi connectivity index (χ4v) is 3.38. The van der Waals surface area contributed by atoms with Crippen LogP contribution in [0.4, 0.5) is 4.79 Å². The fraction of sp³-hybridized carbons (Fsp3) is 0.875. The van der Waals surface area contributed by atoms with Gasteiger partial charge < -0.3 is 9.64 Å². The number of likely N-dealkylation sites (tertiary alicyclic amines) is 2. The van der Waals surface area contributed by atoms with E-state index < -0.39 is 11.1 Å². The highest BCUT2D eigenvalue weighted by molar-refractivity contribution is 5.92. The lowest BCUT2D eigenvalue weighted by molar-refractivity contribution is -0.141. The molecule has 0 aromatic carbocycles. The summed E-state index contributed by atoms with van der Waals surface area (Å²) in [6.07, 6.45) is 3.07. The third kappa shape index (κ3) is 3.01. The van der Waals surface area contributed by atoms with Gasteiger partial charge in [0.15, 0.2) is 0 Å². The van der Waals surface area contributed by atoms with Crippen LogP contribution in [-0.4, -0.2) is 52.1 Å². The molecule has 2 fully saturated rings. The molecule has 2 aliphatic heterocycles. The van der Waals surface area contributed by atoms with Crippen molar-refractivity contribution in [1.82, 2.24) is 9.80 Å². The van der Waals surface area contributed by atoms with Crippen LogP contribution in [-0.2, 0) is 9.53 Å². The third-order valence-electron chi connectivity index (χ3n) is 4.40. The first-order valence-corrected chi connectivity index (χ1v) is 7.99. The van der Waals surface area contributed by atoms with Crippen LogP contribution in [0.3, 0.4) is 0 Å². The number of rotatable bonds is 1. The van der Waals surface area contributed by atoms with Gasteiger partial charge in [0.2, 0.25) is 5.91 Å². The second-order valence-corrected chi connectivity index (χ2v) is 7.46. The van der Waals surface area contributed by atoms with Crippen molar-refractivity contribution in [3.8, 4) is 0 Å². The maximum Gasteiger partial charge on any atom is 0.411 e. The van der Waals surface area contributed by atoms with Gasteiger partial charge in [0.1, 0.15) is 11.1 Å². The summed E-state index contributed by atoms with van der Waals surface area (Å²) < 4.78 is 5.52. The minimum Gasteiger partial charge on any atom is -0.444 e. The van der Waals surface area contributed by atoms with Crippen LogP contribution >= 0.6 is 0 Å². The molecule has 0 aromatic rings. The number of nitrogens with zero attached hydrogens (tertiary/aromatic N) is 2. The molecule has 0 N–H and O–H groups in total. The lowest BCUT2D eigenvalue weighted by Crippen LogP contribution is -2.60. The van der Waals surface area contributed by atoms with Crippen LogP contribution in [0.2, 0.25) is 0 Å². The van der Waals surface area contributed by atoms with Gasteiger partial charge in [-0.3, -0.25) is 9.69 Å². The van der Waals surface area contributed by atoms with Crippen LogP contribution in [0.15, 0.2) is 0 Å². The van der Waals surface area contributed by atoms with Gasteiger partial charge in [0, 0.05) is 19.1 Å². The van der Waals surface area contributed by atoms with Crippen molar-refractivity contribution in [1.29, 1.82) is 0 Å². The topological polar surface area (TPSA) is 49.9 Å². The second kappa shape index (κ2) is 5.50. The van der Waals surface area contributed by atoms with Crippen molar-refractivity contribution in [3.63, 3.8) is 0 Å². The zero-order valence-corrected chi connectivity index (χ0v) is 13.9. The van der Waals surface area contributed by atoms with Crippen LogP contribution < -0.4 is 0 Å². The summed E-state index contributed by atoms with van der Waals surface area (Å²) in [4.78, 5) is 29.0. The number of amides is 2. The van der Waals surface area contributed by atoms with Crippen molar-refractivity contribution in [2.24, 2.45) is 0 Å². The molecule has 5 nitrogen and oxygen atoms in total. The Morgan fingerprint density at radius 3 is 2.38 bits per heavy atom. The molecule has 1 spiro atoms. The van der Waals surface area contributed by atoms with E-state index in [0.29, 0.717) is 6.54 Å². The first kappa shape index (κ1) is 16.1. The molecule has 1 atom stereocenters. The third-order valence-corrected chi connectivity index (χ3v) is 4.40. The molecule has 1 unspecified atom stereocenters. The van der Waals surface area contributed by atoms with Crippen LogP contribution in [0.25, 0.3) is 0 Å². The van der Waals surface area contributed by atoms with Gasteiger partial charge in [-0.1, -0.05) is 0 Å². The van der Waals surface area contributed by atoms with E-state index in [9.17, 15) is 9.59 Å². The number of hydrogen-bond donors (Lipinski definition) is 0. The lowest BCUT2D eigenvalue weighted by Gasteiger charge is -2.43. The van der Waals surface area contributed by atoms with Crippen LogP contribution in [0, 0.1) is 0 Å². The molecule has 0 bridgehead atoms. The Balaban J connectivity index is 2.24. The summed E-state index contributed by atoms with van der Waals surface area (Å²) in [7, 11) is 0. The van der Waals surface area contributed by atoms with E-state index in [1.165, 1.54) is 0 Å². The number of carbonyl (C=O) groups excluding carboxylic acids is 2. The van der Waals surface area contributed by atoms with Gasteiger partial charge in [-0.2, -0.15) is 0 Å². The van der Waals surface area contributed by atoms with Crippen LogP contribution in [0.5, 0.6) is 0 Å². The summed E-state index contributed by atoms with van der Waals surface area (Å²) in [6.45, 7) is 11.0. The van der Waals surface area contributed by atoms with Crippen molar-refractivity contribution in [2.45, 2.75) is 77.5 Å². The van der Waals surface area contributed by atoms with Gasteiger partial charge in [0.25, 0.3) is 0 Å². The van der Waals surface area contributed by atoms with E-state index in [4.69, 9.17) is 4.74 Å². The molecule has 5 heteroatoms. The Morgan fingerprint density at radius 2 is 1.86 bits per heavy atom. The van der Waals surface area contributed by atoms with E-state index in [1.807, 2.05) is 39.5 Å². The number of hydrogen-bond acceptors (Lipinski definition) is 3. The minimum absolute atomic E-state index is 0.100. The van der Waals surface area contributed by atoms with E-state index in [2.05, 4.69) is 0 Å². The van der Waals surface area contributed by atoms with Gasteiger partial charge in [-0.25, -0.2) is 4.79 Å². The Morgan fingerprint density at radius 1 is 1.19 bits per heavy atom. The largest absolute Gasteiger partial charge is 0.444 e. The molecule has 0 aliphatic carbocycles. The average molecular weight is 296 g/mol. The molecule has 2 amide bonds. The molecule has 120 valence electrons. The summed E-state index contributed by atoms with van der Waals surface area (Å²) >= 11 is 0. The highest BCUT2D eigenvalue weighted by Crippen LogP contribution is 2.39. The van der Waals surface area contributed by atoms with E-state index in [-0.39, 0.29) is 18.0 Å². The van der Waals surface area contributed by atoms with E-state index >= 15 is 0 Å². The predicted octanol–water partition coefficient (Wildman–Crippen LogP) is 2.79. The molecule has 0 saturated carbocycles. The minimum atomic E-state index is -0.662. The van der Waals surface area contributed by atoms with E-state index in [1.54, 1.807) is 4.90 Å². The Kier molecular flexibility index (Phi) is 4.22. The van der Waals surface area contributed by atoms with Gasteiger partial charge >= 0.3 is 6.09 Å². The smallest absolute Gasteiger partial charge is 0.411 e. The maximum atomic E-state index is 12.9. The molecule has 0 aromatic heterocycles. The van der Waals surface area contributed by atoms with Gasteiger partial charge in [-0.15, -0.1) is 0 Å². The summed E-state index contributed by atoms with van der Waals surface area (Å²) in [5.74, 6) is 0.100. The summed E-state index contributed by atoms with van der Waals surface area (Å²) in [5, 5.41) is 0. The number of ether oxygens (including phenoxy) is 1. The standard InChI is InChI=1S/C16H28N2O3/c1-12(2)17-11-9-16(13(17)19)8-6-7-10-18(16)14(20)21-15(3,4)5/h12H,6-11H2,1-5H3. The highest BCUT2D eigenvalue weighted by Gasteiger charge is 2.54.